The van der Waals surface area contributed by atoms with Crippen LogP contribution in [-0.2, 0) is 11.2 Å². The average molecular weight is 434 g/mol. The molecule has 1 aromatic carbocycles. The van der Waals surface area contributed by atoms with Crippen LogP contribution in [-0.4, -0.2) is 15.9 Å². The summed E-state index contributed by atoms with van der Waals surface area (Å²) in [5, 5.41) is 9.40. The zero-order valence-electron chi connectivity index (χ0n) is 19.5. The number of carbonyl (C=O) groups is 1. The summed E-state index contributed by atoms with van der Waals surface area (Å²) in [6.45, 7) is 4.00. The van der Waals surface area contributed by atoms with Crippen LogP contribution < -0.4 is 4.74 Å². The fourth-order valence-electron chi connectivity index (χ4n) is 4.54. The van der Waals surface area contributed by atoms with Gasteiger partial charge in [-0.05, 0) is 48.4 Å². The van der Waals surface area contributed by atoms with Gasteiger partial charge in [-0.15, -0.1) is 0 Å². The highest BCUT2D eigenvalue weighted by atomic mass is 16.5. The fourth-order valence-corrected chi connectivity index (χ4v) is 4.54. The molecule has 0 amide bonds. The van der Waals surface area contributed by atoms with Gasteiger partial charge in [0.05, 0.1) is 5.56 Å². The molecule has 2 aromatic rings. The first-order chi connectivity index (χ1) is 15.6. The Labute approximate surface area is 192 Å². The van der Waals surface area contributed by atoms with Gasteiger partial charge in [-0.25, -0.2) is 9.97 Å². The molecular weight excluding hydrogens is 398 g/mol. The lowest BCUT2D eigenvalue weighted by atomic mass is 9.78. The molecule has 1 aliphatic rings. The Morgan fingerprint density at radius 1 is 1.06 bits per heavy atom. The Morgan fingerprint density at radius 2 is 1.75 bits per heavy atom. The molecule has 3 rings (SSSR count). The number of unbranched alkanes of at least 4 members (excludes halogenated alkanes) is 2. The first-order valence-corrected chi connectivity index (χ1v) is 12.2. The molecule has 5 nitrogen and oxygen atoms in total. The molecule has 1 fully saturated rings. The molecule has 0 bridgehead atoms. The number of hydrogen-bond acceptors (Lipinski definition) is 5. The Balaban J connectivity index is 1.51. The molecule has 1 aliphatic carbocycles. The van der Waals surface area contributed by atoms with Crippen molar-refractivity contribution in [3.8, 4) is 23.2 Å². The van der Waals surface area contributed by atoms with E-state index in [-0.39, 0.29) is 18.1 Å². The van der Waals surface area contributed by atoms with E-state index in [2.05, 4.69) is 23.0 Å². The van der Waals surface area contributed by atoms with E-state index in [1.165, 1.54) is 57.8 Å². The minimum Gasteiger partial charge on any atom is -0.425 e. The maximum atomic E-state index is 11.5. The summed E-state index contributed by atoms with van der Waals surface area (Å²) >= 11 is 0. The van der Waals surface area contributed by atoms with E-state index in [0.29, 0.717) is 11.4 Å². The van der Waals surface area contributed by atoms with Crippen molar-refractivity contribution in [3.05, 3.63) is 41.7 Å². The summed E-state index contributed by atoms with van der Waals surface area (Å²) in [4.78, 5) is 20.6. The summed E-state index contributed by atoms with van der Waals surface area (Å²) < 4.78 is 5.21. The van der Waals surface area contributed by atoms with Crippen molar-refractivity contribution >= 4 is 5.97 Å². The summed E-state index contributed by atoms with van der Waals surface area (Å²) in [5.41, 5.74) is 2.21. The quantitative estimate of drug-likeness (QED) is 0.238. The van der Waals surface area contributed by atoms with Crippen LogP contribution in [0.25, 0.3) is 11.4 Å². The van der Waals surface area contributed by atoms with Gasteiger partial charge < -0.3 is 4.74 Å². The predicted molar refractivity (Wildman–Crippen MR) is 126 cm³/mol. The molecule has 0 N–H and O–H groups in total. The van der Waals surface area contributed by atoms with Gasteiger partial charge >= 0.3 is 5.97 Å². The Hall–Kier alpha value is -2.74. The lowest BCUT2D eigenvalue weighted by Crippen LogP contribution is -2.15. The fraction of sp³-hybridized carbons (Fsp3) is 0.556. The van der Waals surface area contributed by atoms with Crippen LogP contribution in [0.2, 0.25) is 0 Å². The van der Waals surface area contributed by atoms with Crippen molar-refractivity contribution in [2.75, 3.05) is 0 Å². The lowest BCUT2D eigenvalue weighted by Gasteiger charge is -2.28. The van der Waals surface area contributed by atoms with E-state index in [1.807, 2.05) is 12.4 Å². The van der Waals surface area contributed by atoms with Crippen molar-refractivity contribution < 1.29 is 9.53 Å². The molecule has 0 atom stereocenters. The maximum Gasteiger partial charge on any atom is 0.310 e. The molecule has 0 radical (unpaired) electrons. The molecule has 0 aliphatic heterocycles. The lowest BCUT2D eigenvalue weighted by molar-refractivity contribution is -0.134. The molecule has 0 spiro atoms. The number of esters is 1. The Bertz CT molecular complexity index is 909. The zero-order chi connectivity index (χ0) is 22.8. The number of aryl methyl sites for hydroxylation is 1. The smallest absolute Gasteiger partial charge is 0.310 e. The number of nitrogens with zero attached hydrogens (tertiary/aromatic N) is 3. The van der Waals surface area contributed by atoms with E-state index >= 15 is 0 Å². The minimum atomic E-state index is -0.361. The van der Waals surface area contributed by atoms with Crippen LogP contribution in [0.5, 0.6) is 5.75 Å². The van der Waals surface area contributed by atoms with Gasteiger partial charge in [0.15, 0.2) is 5.82 Å². The number of ether oxygens (including phenoxy) is 1. The number of nitriles is 1. The third-order valence-electron chi connectivity index (χ3n) is 6.60. The first kappa shape index (κ1) is 23.9. The van der Waals surface area contributed by atoms with Gasteiger partial charge in [0.2, 0.25) is 0 Å². The number of carbonyl (C=O) groups excluding carboxylic acids is 1. The van der Waals surface area contributed by atoms with Crippen LogP contribution in [0, 0.1) is 23.2 Å². The van der Waals surface area contributed by atoms with Gasteiger partial charge in [0.1, 0.15) is 11.8 Å². The van der Waals surface area contributed by atoms with Crippen molar-refractivity contribution in [2.24, 2.45) is 11.8 Å². The van der Waals surface area contributed by atoms with E-state index in [1.54, 1.807) is 25.1 Å². The van der Waals surface area contributed by atoms with Gasteiger partial charge in [-0.1, -0.05) is 65.2 Å². The highest BCUT2D eigenvalue weighted by Crippen LogP contribution is 2.34. The van der Waals surface area contributed by atoms with E-state index in [9.17, 15) is 10.1 Å². The molecule has 0 unspecified atom stereocenters. The van der Waals surface area contributed by atoms with Crippen molar-refractivity contribution in [1.82, 2.24) is 9.97 Å². The minimum absolute atomic E-state index is 0.261. The Morgan fingerprint density at radius 3 is 2.38 bits per heavy atom. The highest BCUT2D eigenvalue weighted by molar-refractivity contribution is 5.73. The molecule has 170 valence electrons. The number of hydrogen-bond donors (Lipinski definition) is 0. The molecule has 0 saturated heterocycles. The van der Waals surface area contributed by atoms with Gasteiger partial charge in [0.25, 0.3) is 0 Å². The van der Waals surface area contributed by atoms with Crippen LogP contribution in [0.1, 0.15) is 89.2 Å². The molecular formula is C27H35N3O2. The number of benzene rings is 1. The summed E-state index contributed by atoms with van der Waals surface area (Å²) in [5.74, 6) is 2.27. The monoisotopic (exact) mass is 433 g/mol. The maximum absolute atomic E-state index is 11.5. The zero-order valence-corrected chi connectivity index (χ0v) is 19.5. The molecule has 5 heteroatoms. The van der Waals surface area contributed by atoms with Crippen molar-refractivity contribution in [3.63, 3.8) is 0 Å². The third-order valence-corrected chi connectivity index (χ3v) is 6.60. The number of aromatic nitrogens is 2. The average Bonchev–Trinajstić information content (AvgIpc) is 2.84. The van der Waals surface area contributed by atoms with Crippen molar-refractivity contribution in [2.45, 2.75) is 84.5 Å². The third kappa shape index (κ3) is 6.88. The van der Waals surface area contributed by atoms with Crippen LogP contribution >= 0.6 is 0 Å². The van der Waals surface area contributed by atoms with Gasteiger partial charge in [-0.2, -0.15) is 5.26 Å². The van der Waals surface area contributed by atoms with Gasteiger partial charge in [-0.3, -0.25) is 4.79 Å². The molecule has 1 aromatic heterocycles. The second kappa shape index (κ2) is 12.3. The van der Waals surface area contributed by atoms with E-state index in [4.69, 9.17) is 4.74 Å². The summed E-state index contributed by atoms with van der Waals surface area (Å²) in [6.07, 6.45) is 17.3. The SMILES string of the molecule is CCCCC[C@H]1CC[C@H](CCc2cnc(-c3ccc(OC(=O)CC)c(C#N)c3)nc2)CC1. The van der Waals surface area contributed by atoms with Gasteiger partial charge in [0, 0.05) is 24.4 Å². The summed E-state index contributed by atoms with van der Waals surface area (Å²) in [7, 11) is 0. The van der Waals surface area contributed by atoms with Crippen molar-refractivity contribution in [1.29, 1.82) is 5.26 Å². The summed E-state index contributed by atoms with van der Waals surface area (Å²) in [6, 6.07) is 7.18. The van der Waals surface area contributed by atoms with Crippen LogP contribution in [0.3, 0.4) is 0 Å². The van der Waals surface area contributed by atoms with E-state index in [0.717, 1.165) is 29.4 Å². The molecule has 32 heavy (non-hydrogen) atoms. The van der Waals surface area contributed by atoms with Crippen LogP contribution in [0.4, 0.5) is 0 Å². The topological polar surface area (TPSA) is 75.9 Å². The highest BCUT2D eigenvalue weighted by Gasteiger charge is 2.20. The van der Waals surface area contributed by atoms with E-state index < -0.39 is 0 Å². The standard InChI is InChI=1S/C27H35N3O2/c1-3-5-6-7-20-8-10-21(11-9-20)12-13-22-18-29-27(30-19-22)23-14-15-25(24(16-23)17-28)32-26(31)4-2/h14-16,18-21H,3-13H2,1-2H3/t20-,21-. The second-order valence-electron chi connectivity index (χ2n) is 8.99. The largest absolute Gasteiger partial charge is 0.425 e. The first-order valence-electron chi connectivity index (χ1n) is 12.2. The normalized spacial score (nSPS) is 18.2. The molecule has 1 heterocycles. The second-order valence-corrected chi connectivity index (χ2v) is 8.99. The molecule has 1 saturated carbocycles. The number of rotatable bonds is 10. The Kier molecular flexibility index (Phi) is 9.22. The van der Waals surface area contributed by atoms with Crippen LogP contribution in [0.15, 0.2) is 30.6 Å². The predicted octanol–water partition coefficient (Wildman–Crippen LogP) is 6.65.